The van der Waals surface area contributed by atoms with Gasteiger partial charge in [0.15, 0.2) is 0 Å². The lowest BCUT2D eigenvalue weighted by Gasteiger charge is -2.14. The third kappa shape index (κ3) is 7.12. The topological polar surface area (TPSA) is 83.8 Å². The third-order valence-corrected chi connectivity index (χ3v) is 2.83. The first-order chi connectivity index (χ1) is 12.0. The van der Waals surface area contributed by atoms with E-state index in [9.17, 15) is 9.59 Å². The Morgan fingerprint density at radius 3 is 2.28 bits per heavy atom. The number of hydrogen-bond donors (Lipinski definition) is 0. The van der Waals surface area contributed by atoms with E-state index in [-0.39, 0.29) is 6.61 Å². The molecule has 0 aliphatic rings. The van der Waals surface area contributed by atoms with E-state index >= 15 is 0 Å². The number of amides is 2. The molecule has 0 unspecified atom stereocenters. The smallest absolute Gasteiger partial charge is 0.419 e. The van der Waals surface area contributed by atoms with Crippen molar-refractivity contribution in [1.29, 1.82) is 0 Å². The second kappa shape index (κ2) is 10.4. The Kier molecular flexibility index (Phi) is 8.14. The van der Waals surface area contributed by atoms with Crippen LogP contribution in [0.5, 0.6) is 5.75 Å². The largest absolute Gasteiger partial charge is 0.444 e. The first kappa shape index (κ1) is 19.6. The van der Waals surface area contributed by atoms with Gasteiger partial charge in [-0.15, -0.1) is 0 Å². The van der Waals surface area contributed by atoms with Gasteiger partial charge in [-0.2, -0.15) is 0 Å². The summed E-state index contributed by atoms with van der Waals surface area (Å²) in [6, 6.07) is 6.67. The molecule has 0 saturated carbocycles. The van der Waals surface area contributed by atoms with Gasteiger partial charge in [0.1, 0.15) is 12.4 Å². The van der Waals surface area contributed by atoms with E-state index < -0.39 is 12.2 Å². The minimum atomic E-state index is -0.587. The maximum Gasteiger partial charge on any atom is 0.419 e. The van der Waals surface area contributed by atoms with Gasteiger partial charge in [-0.3, -0.25) is 19.8 Å². The summed E-state index contributed by atoms with van der Waals surface area (Å²) >= 11 is 0. The van der Waals surface area contributed by atoms with Crippen LogP contribution in [0, 0.1) is 0 Å². The molecule has 0 aromatic heterocycles. The molecule has 0 spiro atoms. The number of rotatable bonds is 7. The molecule has 0 bridgehead atoms. The van der Waals surface area contributed by atoms with Gasteiger partial charge in [0.05, 0.1) is 0 Å². The van der Waals surface area contributed by atoms with Gasteiger partial charge < -0.3 is 9.47 Å². The highest BCUT2D eigenvalue weighted by Crippen LogP contribution is 2.15. The molecule has 8 heteroatoms. The normalized spacial score (nSPS) is 10.5. The van der Waals surface area contributed by atoms with Gasteiger partial charge >= 0.3 is 12.2 Å². The maximum absolute atomic E-state index is 11.9. The molecule has 8 nitrogen and oxygen atoms in total. The number of benzene rings is 1. The van der Waals surface area contributed by atoms with E-state index in [2.05, 4.69) is 23.4 Å². The number of ether oxygens (including phenoxy) is 2. The summed E-state index contributed by atoms with van der Waals surface area (Å²) in [6.07, 6.45) is 4.44. The Bertz CT molecular complexity index is 685. The molecule has 132 valence electrons. The monoisotopic (exact) mass is 344 g/mol. The zero-order valence-electron chi connectivity index (χ0n) is 14.2. The fourth-order valence-electron chi connectivity index (χ4n) is 1.53. The summed E-state index contributed by atoms with van der Waals surface area (Å²) in [4.78, 5) is 33.1. The zero-order chi connectivity index (χ0) is 18.7. The van der Waals surface area contributed by atoms with Crippen molar-refractivity contribution in [2.24, 2.45) is 9.98 Å². The number of carbonyl (C=O) groups is 2. The minimum absolute atomic E-state index is 0.0278. The molecule has 0 N–H and O–H groups in total. The molecular weight excluding hydrogens is 324 g/mol. The molecule has 2 amide bonds. The molecule has 1 rings (SSSR count). The van der Waals surface area contributed by atoms with Gasteiger partial charge in [-0.1, -0.05) is 12.1 Å². The van der Waals surface area contributed by atoms with Crippen molar-refractivity contribution in [3.8, 4) is 5.75 Å². The van der Waals surface area contributed by atoms with Crippen LogP contribution in [-0.4, -0.2) is 49.5 Å². The fourth-order valence-corrected chi connectivity index (χ4v) is 1.53. The third-order valence-electron chi connectivity index (χ3n) is 2.83. The summed E-state index contributed by atoms with van der Waals surface area (Å²) in [5.74, 6) is 0.328. The summed E-state index contributed by atoms with van der Waals surface area (Å²) in [5, 5.41) is 0. The van der Waals surface area contributed by atoms with Crippen LogP contribution in [-0.2, 0) is 11.3 Å². The SMILES string of the molecule is C=N/C=C\N(C)C(=O)OCc1cccc(OC(=O)N(C)/C=C\N=C)c1. The Balaban J connectivity index is 2.63. The first-order valence-electron chi connectivity index (χ1n) is 7.16. The van der Waals surface area contributed by atoms with Gasteiger partial charge in [0.25, 0.3) is 0 Å². The first-order valence-corrected chi connectivity index (χ1v) is 7.16. The zero-order valence-corrected chi connectivity index (χ0v) is 14.2. The average molecular weight is 344 g/mol. The quantitative estimate of drug-likeness (QED) is 0.712. The van der Waals surface area contributed by atoms with E-state index in [0.717, 1.165) is 0 Å². The highest BCUT2D eigenvalue weighted by molar-refractivity contribution is 5.71. The summed E-state index contributed by atoms with van der Waals surface area (Å²) in [7, 11) is 3.06. The molecule has 0 radical (unpaired) electrons. The molecule has 1 aromatic carbocycles. The van der Waals surface area contributed by atoms with Gasteiger partial charge in [0, 0.05) is 38.9 Å². The van der Waals surface area contributed by atoms with Crippen LogP contribution in [0.3, 0.4) is 0 Å². The van der Waals surface area contributed by atoms with Crippen LogP contribution in [0.15, 0.2) is 59.1 Å². The van der Waals surface area contributed by atoms with E-state index in [1.165, 1.54) is 48.7 Å². The van der Waals surface area contributed by atoms with Crippen LogP contribution < -0.4 is 4.74 Å². The van der Waals surface area contributed by atoms with E-state index in [4.69, 9.17) is 9.47 Å². The predicted octanol–water partition coefficient (Wildman–Crippen LogP) is 3.03. The van der Waals surface area contributed by atoms with Crippen molar-refractivity contribution < 1.29 is 19.1 Å². The second-order valence-corrected chi connectivity index (χ2v) is 4.75. The van der Waals surface area contributed by atoms with Crippen molar-refractivity contribution >= 4 is 25.6 Å². The number of nitrogens with zero attached hydrogens (tertiary/aromatic N) is 4. The molecule has 1 aromatic rings. The lowest BCUT2D eigenvalue weighted by Crippen LogP contribution is -2.24. The lowest BCUT2D eigenvalue weighted by atomic mass is 10.2. The highest BCUT2D eigenvalue weighted by atomic mass is 16.6. The van der Waals surface area contributed by atoms with Crippen LogP contribution in [0.1, 0.15) is 5.56 Å². The molecular formula is C17H20N4O4. The van der Waals surface area contributed by atoms with E-state index in [1.54, 1.807) is 24.3 Å². The standard InChI is InChI=1S/C17H20N4O4/c1-18-8-10-20(3)16(22)24-13-14-6-5-7-15(12-14)25-17(23)21(4)11-9-19-2/h5-12H,1-2,13H2,3-4H3/b10-8-,11-9-. The van der Waals surface area contributed by atoms with Crippen molar-refractivity contribution in [3.63, 3.8) is 0 Å². The van der Waals surface area contributed by atoms with Crippen LogP contribution in [0.4, 0.5) is 9.59 Å². The van der Waals surface area contributed by atoms with Gasteiger partial charge in [-0.25, -0.2) is 9.59 Å². The molecule has 0 atom stereocenters. The number of hydrogen-bond acceptors (Lipinski definition) is 6. The Morgan fingerprint density at radius 1 is 1.08 bits per heavy atom. The lowest BCUT2D eigenvalue weighted by molar-refractivity contribution is 0.116. The second-order valence-electron chi connectivity index (χ2n) is 4.75. The van der Waals surface area contributed by atoms with Crippen molar-refractivity contribution in [2.75, 3.05) is 14.1 Å². The van der Waals surface area contributed by atoms with E-state index in [1.807, 2.05) is 0 Å². The van der Waals surface area contributed by atoms with E-state index in [0.29, 0.717) is 11.3 Å². The minimum Gasteiger partial charge on any atom is -0.444 e. The molecule has 0 heterocycles. The van der Waals surface area contributed by atoms with Crippen LogP contribution >= 0.6 is 0 Å². The van der Waals surface area contributed by atoms with Crippen molar-refractivity contribution in [1.82, 2.24) is 9.80 Å². The highest BCUT2D eigenvalue weighted by Gasteiger charge is 2.10. The van der Waals surface area contributed by atoms with Crippen LogP contribution in [0.25, 0.3) is 0 Å². The Morgan fingerprint density at radius 2 is 1.68 bits per heavy atom. The number of carbonyl (C=O) groups excluding carboxylic acids is 2. The molecule has 0 saturated heterocycles. The molecule has 25 heavy (non-hydrogen) atoms. The van der Waals surface area contributed by atoms with Crippen molar-refractivity contribution in [3.05, 3.63) is 54.6 Å². The summed E-state index contributed by atoms with van der Waals surface area (Å²) < 4.78 is 10.4. The maximum atomic E-state index is 11.9. The number of aliphatic imine (C=N–C) groups is 2. The molecule has 0 aliphatic heterocycles. The fraction of sp³-hybridized carbons (Fsp3) is 0.176. The Labute approximate surface area is 146 Å². The summed E-state index contributed by atoms with van der Waals surface area (Å²) in [5.41, 5.74) is 0.670. The average Bonchev–Trinajstić information content (AvgIpc) is 2.62. The molecule has 0 fully saturated rings. The van der Waals surface area contributed by atoms with Gasteiger partial charge in [-0.05, 0) is 31.1 Å². The molecule has 0 aliphatic carbocycles. The van der Waals surface area contributed by atoms with Crippen molar-refractivity contribution in [2.45, 2.75) is 6.61 Å². The summed E-state index contributed by atoms with van der Waals surface area (Å²) in [6.45, 7) is 6.58. The van der Waals surface area contributed by atoms with Crippen LogP contribution in [0.2, 0.25) is 0 Å². The predicted molar refractivity (Wildman–Crippen MR) is 95.6 cm³/mol. The van der Waals surface area contributed by atoms with Gasteiger partial charge in [0.2, 0.25) is 0 Å². The Hall–Kier alpha value is -3.42.